The maximum atomic E-state index is 13.1. The Morgan fingerprint density at radius 3 is 2.29 bits per heavy atom. The van der Waals surface area contributed by atoms with Gasteiger partial charge in [0, 0.05) is 19.3 Å². The van der Waals surface area contributed by atoms with Crippen LogP contribution in [0.3, 0.4) is 0 Å². The third kappa shape index (κ3) is 8.88. The molecule has 1 fully saturated rings. The van der Waals surface area contributed by atoms with E-state index in [4.69, 9.17) is 8.92 Å². The van der Waals surface area contributed by atoms with Gasteiger partial charge in [-0.15, -0.1) is 0 Å². The summed E-state index contributed by atoms with van der Waals surface area (Å²) < 4.78 is 10.7. The van der Waals surface area contributed by atoms with Gasteiger partial charge in [-0.2, -0.15) is 0 Å². The van der Waals surface area contributed by atoms with E-state index in [9.17, 15) is 14.4 Å². The van der Waals surface area contributed by atoms with Gasteiger partial charge in [0.15, 0.2) is 0 Å². The molecule has 3 rings (SSSR count). The van der Waals surface area contributed by atoms with E-state index in [0.29, 0.717) is 31.0 Å². The Morgan fingerprint density at radius 1 is 1.05 bits per heavy atom. The normalized spacial score (nSPS) is 16.8. The van der Waals surface area contributed by atoms with Gasteiger partial charge in [0.25, 0.3) is 0 Å². The molecule has 206 valence electrons. The van der Waals surface area contributed by atoms with Crippen LogP contribution in [0.25, 0.3) is 0 Å². The number of hydrogen-bond donors (Lipinski definition) is 1. The van der Waals surface area contributed by atoms with Crippen LogP contribution in [-0.4, -0.2) is 54.7 Å². The second kappa shape index (κ2) is 14.9. The Hall–Kier alpha value is -2.84. The third-order valence-electron chi connectivity index (χ3n) is 7.20. The van der Waals surface area contributed by atoms with E-state index in [1.54, 1.807) is 0 Å². The first-order valence-corrected chi connectivity index (χ1v) is 14.3. The summed E-state index contributed by atoms with van der Waals surface area (Å²) in [7, 11) is 1.33. The molecule has 1 aliphatic carbocycles. The Morgan fingerprint density at radius 2 is 1.71 bits per heavy atom. The largest absolute Gasteiger partial charge is 0.467 e. The highest BCUT2D eigenvalue weighted by Crippen LogP contribution is 2.26. The predicted molar refractivity (Wildman–Crippen MR) is 151 cm³/mol. The van der Waals surface area contributed by atoms with Crippen LogP contribution in [-0.2, 0) is 32.0 Å². The molecule has 2 aromatic rings. The van der Waals surface area contributed by atoms with Crippen molar-refractivity contribution in [3.05, 3.63) is 65.2 Å². The minimum atomic E-state index is -0.794. The van der Waals surface area contributed by atoms with Crippen molar-refractivity contribution in [2.45, 2.75) is 64.8 Å². The lowest BCUT2D eigenvalue weighted by Crippen LogP contribution is -2.44. The average Bonchev–Trinajstić information content (AvgIpc) is 3.35. The van der Waals surface area contributed by atoms with Gasteiger partial charge in [0.2, 0.25) is 5.91 Å². The zero-order valence-electron chi connectivity index (χ0n) is 22.9. The number of Topliss-reactive ketones (excluding diaryl/α,β-unsaturated/α-hetero) is 1. The zero-order valence-corrected chi connectivity index (χ0v) is 23.7. The van der Waals surface area contributed by atoms with Gasteiger partial charge in [-0.3, -0.25) is 14.5 Å². The van der Waals surface area contributed by atoms with Gasteiger partial charge in [0.05, 0.1) is 30.9 Å². The molecule has 38 heavy (non-hydrogen) atoms. The SMILES string of the molecule is CCN(CC)CSOc1ccc(CC(NC(=O)C(C)c2ccc(CC3CCC(=O)C3)cc2)C(=O)OC)cc1. The van der Waals surface area contributed by atoms with Crippen LogP contribution in [0.4, 0.5) is 0 Å². The van der Waals surface area contributed by atoms with Crippen LogP contribution >= 0.6 is 12.0 Å². The lowest BCUT2D eigenvalue weighted by Gasteiger charge is -2.20. The monoisotopic (exact) mass is 540 g/mol. The molecule has 2 aromatic carbocycles. The molecule has 3 unspecified atom stereocenters. The summed E-state index contributed by atoms with van der Waals surface area (Å²) in [5.41, 5.74) is 2.94. The lowest BCUT2D eigenvalue weighted by atomic mass is 9.94. The summed E-state index contributed by atoms with van der Waals surface area (Å²) >= 11 is 1.39. The molecule has 1 aliphatic rings. The Balaban J connectivity index is 1.55. The number of hydrogen-bond acceptors (Lipinski definition) is 7. The van der Waals surface area contributed by atoms with Crippen molar-refractivity contribution >= 4 is 29.7 Å². The maximum Gasteiger partial charge on any atom is 0.328 e. The van der Waals surface area contributed by atoms with Crippen LogP contribution < -0.4 is 9.50 Å². The number of ketones is 1. The van der Waals surface area contributed by atoms with Gasteiger partial charge in [-0.1, -0.05) is 50.2 Å². The molecule has 0 aromatic heterocycles. The van der Waals surface area contributed by atoms with E-state index in [1.165, 1.54) is 24.7 Å². The smallest absolute Gasteiger partial charge is 0.328 e. The minimum absolute atomic E-state index is 0.234. The zero-order chi connectivity index (χ0) is 27.5. The van der Waals surface area contributed by atoms with E-state index in [-0.39, 0.29) is 5.91 Å². The topological polar surface area (TPSA) is 84.9 Å². The minimum Gasteiger partial charge on any atom is -0.467 e. The van der Waals surface area contributed by atoms with Gasteiger partial charge < -0.3 is 14.2 Å². The molecule has 1 saturated carbocycles. The van der Waals surface area contributed by atoms with Crippen molar-refractivity contribution < 1.29 is 23.3 Å². The van der Waals surface area contributed by atoms with Crippen LogP contribution in [0, 0.1) is 5.92 Å². The van der Waals surface area contributed by atoms with Crippen molar-refractivity contribution in [3.63, 3.8) is 0 Å². The Kier molecular flexibility index (Phi) is 11.7. The summed E-state index contributed by atoms with van der Waals surface area (Å²) in [6.45, 7) is 8.01. The van der Waals surface area contributed by atoms with E-state index >= 15 is 0 Å². The second-order valence-corrected chi connectivity index (χ2v) is 10.5. The maximum absolute atomic E-state index is 13.1. The van der Waals surface area contributed by atoms with E-state index in [1.807, 2.05) is 55.5 Å². The fourth-order valence-corrected chi connectivity index (χ4v) is 5.43. The van der Waals surface area contributed by atoms with Crippen LogP contribution in [0.1, 0.15) is 62.6 Å². The van der Waals surface area contributed by atoms with Crippen molar-refractivity contribution in [3.8, 4) is 5.75 Å². The second-order valence-electron chi connectivity index (χ2n) is 9.88. The van der Waals surface area contributed by atoms with E-state index in [2.05, 4.69) is 24.1 Å². The summed E-state index contributed by atoms with van der Waals surface area (Å²) in [4.78, 5) is 39.3. The molecule has 0 aliphatic heterocycles. The highest BCUT2D eigenvalue weighted by molar-refractivity contribution is 7.94. The first-order chi connectivity index (χ1) is 18.3. The number of carbonyl (C=O) groups excluding carboxylic acids is 3. The number of amides is 1. The van der Waals surface area contributed by atoms with Gasteiger partial charge in [0.1, 0.15) is 17.6 Å². The van der Waals surface area contributed by atoms with Crippen molar-refractivity contribution in [1.82, 2.24) is 10.2 Å². The van der Waals surface area contributed by atoms with Crippen LogP contribution in [0.2, 0.25) is 0 Å². The van der Waals surface area contributed by atoms with E-state index < -0.39 is 17.9 Å². The highest BCUT2D eigenvalue weighted by Gasteiger charge is 2.26. The molecule has 0 spiro atoms. The molecule has 1 N–H and O–H groups in total. The first-order valence-electron chi connectivity index (χ1n) is 13.4. The number of methoxy groups -OCH3 is 1. The molecule has 0 saturated heterocycles. The van der Waals surface area contributed by atoms with Crippen LogP contribution in [0.5, 0.6) is 5.75 Å². The number of rotatable bonds is 14. The van der Waals surface area contributed by atoms with Gasteiger partial charge in [-0.05, 0) is 67.6 Å². The molecule has 0 bridgehead atoms. The number of nitrogens with one attached hydrogen (secondary N) is 1. The molecule has 3 atom stereocenters. The van der Waals surface area contributed by atoms with Gasteiger partial charge in [-0.25, -0.2) is 4.79 Å². The lowest BCUT2D eigenvalue weighted by molar-refractivity contribution is -0.145. The number of nitrogens with zero attached hydrogens (tertiary/aromatic N) is 1. The van der Waals surface area contributed by atoms with Gasteiger partial charge >= 0.3 is 5.97 Å². The quantitative estimate of drug-likeness (QED) is 0.207. The van der Waals surface area contributed by atoms with Crippen molar-refractivity contribution in [1.29, 1.82) is 0 Å². The number of benzene rings is 2. The number of esters is 1. The highest BCUT2D eigenvalue weighted by atomic mass is 32.2. The molecular formula is C30H40N2O5S. The molecule has 7 nitrogen and oxygen atoms in total. The molecule has 8 heteroatoms. The fourth-order valence-electron chi connectivity index (χ4n) is 4.62. The number of carbonyl (C=O) groups is 3. The van der Waals surface area contributed by atoms with Crippen molar-refractivity contribution in [2.75, 3.05) is 26.1 Å². The third-order valence-corrected chi connectivity index (χ3v) is 7.98. The average molecular weight is 541 g/mol. The first kappa shape index (κ1) is 29.7. The molecule has 0 heterocycles. The Bertz CT molecular complexity index is 1050. The van der Waals surface area contributed by atoms with Crippen LogP contribution in [0.15, 0.2) is 48.5 Å². The fraction of sp³-hybridized carbons (Fsp3) is 0.500. The summed E-state index contributed by atoms with van der Waals surface area (Å²) in [6, 6.07) is 14.7. The molecule has 1 amide bonds. The summed E-state index contributed by atoms with van der Waals surface area (Å²) in [5, 5.41) is 2.88. The van der Waals surface area contributed by atoms with Crippen molar-refractivity contribution in [2.24, 2.45) is 5.92 Å². The Labute approximate surface area is 230 Å². The summed E-state index contributed by atoms with van der Waals surface area (Å²) in [5.74, 6) is 1.15. The predicted octanol–water partition coefficient (Wildman–Crippen LogP) is 4.93. The summed E-state index contributed by atoms with van der Waals surface area (Å²) in [6.07, 6.45) is 3.52. The van der Waals surface area contributed by atoms with E-state index in [0.717, 1.165) is 48.7 Å². The standard InChI is InChI=1S/C30H40N2O5S/c1-5-32(6-2)20-38-37-27-15-10-23(11-16-27)19-28(30(35)36-4)31-29(34)21(3)25-12-7-22(8-13-25)17-24-9-14-26(33)18-24/h7-8,10-13,15-16,21,24,28H,5-6,9,14,17-20H2,1-4H3,(H,31,34). The molecule has 0 radical (unpaired) electrons. The number of ether oxygens (including phenoxy) is 1. The molecular weight excluding hydrogens is 500 g/mol.